The molecule has 1 aromatic heterocycles. The highest BCUT2D eigenvalue weighted by Gasteiger charge is 2.29. The highest BCUT2D eigenvalue weighted by Crippen LogP contribution is 2.26. The Bertz CT molecular complexity index is 346. The van der Waals surface area contributed by atoms with Crippen LogP contribution in [0.5, 0.6) is 0 Å². The fraction of sp³-hybridized carbons (Fsp3) is 0.636. The predicted molar refractivity (Wildman–Crippen MR) is 63.8 cm³/mol. The molecular weight excluding hydrogens is 226 g/mol. The summed E-state index contributed by atoms with van der Waals surface area (Å²) in [6.07, 6.45) is 2.48. The molecule has 0 unspecified atom stereocenters. The molecule has 0 radical (unpaired) electrons. The fourth-order valence-electron chi connectivity index (χ4n) is 1.87. The quantitative estimate of drug-likeness (QED) is 0.823. The highest BCUT2D eigenvalue weighted by molar-refractivity contribution is 6.29. The van der Waals surface area contributed by atoms with Crippen LogP contribution in [0.4, 0.5) is 5.82 Å². The van der Waals surface area contributed by atoms with E-state index < -0.39 is 0 Å². The van der Waals surface area contributed by atoms with Gasteiger partial charge >= 0.3 is 0 Å². The summed E-state index contributed by atoms with van der Waals surface area (Å²) in [7, 11) is 0. The Morgan fingerprint density at radius 3 is 2.88 bits per heavy atom. The molecule has 1 aromatic rings. The van der Waals surface area contributed by atoms with Crippen LogP contribution >= 0.6 is 11.6 Å². The number of anilines is 1. The topological polar surface area (TPSA) is 47.0 Å². The normalized spacial score (nSPS) is 23.9. The van der Waals surface area contributed by atoms with Crippen molar-refractivity contribution in [3.05, 3.63) is 17.0 Å². The molecule has 0 saturated heterocycles. The fourth-order valence-corrected chi connectivity index (χ4v) is 2.10. The van der Waals surface area contributed by atoms with E-state index in [1.165, 1.54) is 0 Å². The second-order valence-electron chi connectivity index (χ2n) is 4.01. The molecular formula is C11H16ClN3O. The number of ether oxygens (including phenoxy) is 1. The van der Waals surface area contributed by atoms with Crippen LogP contribution in [-0.4, -0.2) is 28.7 Å². The molecule has 4 nitrogen and oxygen atoms in total. The van der Waals surface area contributed by atoms with Gasteiger partial charge in [0.1, 0.15) is 16.8 Å². The molecule has 5 heteroatoms. The van der Waals surface area contributed by atoms with E-state index in [-0.39, 0.29) is 0 Å². The molecule has 0 aliphatic heterocycles. The Morgan fingerprint density at radius 1 is 1.50 bits per heavy atom. The number of aryl methyl sites for hydroxylation is 1. The number of rotatable bonds is 4. The van der Waals surface area contributed by atoms with E-state index in [0.29, 0.717) is 23.1 Å². The van der Waals surface area contributed by atoms with Crippen molar-refractivity contribution in [3.63, 3.8) is 0 Å². The molecule has 0 spiro atoms. The van der Waals surface area contributed by atoms with Gasteiger partial charge in [-0.05, 0) is 26.7 Å². The lowest BCUT2D eigenvalue weighted by Crippen LogP contribution is -2.41. The van der Waals surface area contributed by atoms with Gasteiger partial charge < -0.3 is 10.1 Å². The minimum Gasteiger partial charge on any atom is -0.378 e. The van der Waals surface area contributed by atoms with Gasteiger partial charge in [0.25, 0.3) is 0 Å². The van der Waals surface area contributed by atoms with E-state index in [0.717, 1.165) is 25.3 Å². The minimum absolute atomic E-state index is 0.404. The molecule has 88 valence electrons. The summed E-state index contributed by atoms with van der Waals surface area (Å²) in [6.45, 7) is 4.64. The molecule has 2 rings (SSSR count). The number of nitrogens with zero attached hydrogens (tertiary/aromatic N) is 2. The van der Waals surface area contributed by atoms with Gasteiger partial charge in [-0.25, -0.2) is 9.97 Å². The first-order chi connectivity index (χ1) is 7.67. The summed E-state index contributed by atoms with van der Waals surface area (Å²) in [5.74, 6) is 1.49. The third-order valence-electron chi connectivity index (χ3n) is 2.66. The van der Waals surface area contributed by atoms with Gasteiger partial charge in [0, 0.05) is 18.7 Å². The molecule has 1 heterocycles. The molecule has 0 bridgehead atoms. The zero-order chi connectivity index (χ0) is 11.5. The van der Waals surface area contributed by atoms with Crippen LogP contribution in [0.2, 0.25) is 5.15 Å². The van der Waals surface area contributed by atoms with Crippen LogP contribution in [0.15, 0.2) is 6.07 Å². The lowest BCUT2D eigenvalue weighted by atomic mass is 9.89. The third-order valence-corrected chi connectivity index (χ3v) is 2.85. The Balaban J connectivity index is 1.86. The summed E-state index contributed by atoms with van der Waals surface area (Å²) >= 11 is 5.86. The van der Waals surface area contributed by atoms with E-state index in [1.807, 2.05) is 13.8 Å². The Morgan fingerprint density at radius 2 is 2.25 bits per heavy atom. The van der Waals surface area contributed by atoms with Crippen molar-refractivity contribution in [2.75, 3.05) is 11.9 Å². The minimum atomic E-state index is 0.404. The molecule has 1 aliphatic rings. The molecule has 0 amide bonds. The molecule has 16 heavy (non-hydrogen) atoms. The lowest BCUT2D eigenvalue weighted by molar-refractivity contribution is 0.00292. The summed E-state index contributed by atoms with van der Waals surface area (Å²) in [5, 5.41) is 3.81. The van der Waals surface area contributed by atoms with Crippen LogP contribution in [0.25, 0.3) is 0 Å². The average Bonchev–Trinajstić information content (AvgIpc) is 2.13. The van der Waals surface area contributed by atoms with Crippen molar-refractivity contribution in [2.24, 2.45) is 0 Å². The number of hydrogen-bond acceptors (Lipinski definition) is 4. The van der Waals surface area contributed by atoms with Gasteiger partial charge in [0.2, 0.25) is 0 Å². The molecule has 1 saturated carbocycles. The van der Waals surface area contributed by atoms with Crippen LogP contribution in [0.1, 0.15) is 25.6 Å². The predicted octanol–water partition coefficient (Wildman–Crippen LogP) is 2.42. The molecule has 1 aliphatic carbocycles. The van der Waals surface area contributed by atoms with Crippen LogP contribution in [-0.2, 0) is 4.74 Å². The summed E-state index contributed by atoms with van der Waals surface area (Å²) in [6, 6.07) is 2.20. The second-order valence-corrected chi connectivity index (χ2v) is 4.40. The molecule has 1 fully saturated rings. The van der Waals surface area contributed by atoms with Gasteiger partial charge in [-0.15, -0.1) is 0 Å². The Kier molecular flexibility index (Phi) is 3.61. The number of aromatic nitrogens is 2. The number of halogens is 1. The Labute approximate surface area is 100 Å². The first-order valence-electron chi connectivity index (χ1n) is 5.56. The van der Waals surface area contributed by atoms with Crippen molar-refractivity contribution >= 4 is 17.4 Å². The van der Waals surface area contributed by atoms with E-state index in [1.54, 1.807) is 6.07 Å². The average molecular weight is 242 g/mol. The van der Waals surface area contributed by atoms with E-state index in [2.05, 4.69) is 15.3 Å². The van der Waals surface area contributed by atoms with E-state index >= 15 is 0 Å². The maximum atomic E-state index is 5.86. The summed E-state index contributed by atoms with van der Waals surface area (Å²) in [5.41, 5.74) is 0. The van der Waals surface area contributed by atoms with Gasteiger partial charge in [0.05, 0.1) is 6.10 Å². The summed E-state index contributed by atoms with van der Waals surface area (Å²) in [4.78, 5) is 8.30. The van der Waals surface area contributed by atoms with Crippen LogP contribution in [0.3, 0.4) is 0 Å². The lowest BCUT2D eigenvalue weighted by Gasteiger charge is -2.35. The first-order valence-corrected chi connectivity index (χ1v) is 5.94. The SMILES string of the molecule is CCOC1CC(Nc2cc(Cl)nc(C)n2)C1. The molecule has 0 atom stereocenters. The van der Waals surface area contributed by atoms with Crippen LogP contribution in [0, 0.1) is 6.92 Å². The first kappa shape index (κ1) is 11.6. The monoisotopic (exact) mass is 241 g/mol. The standard InChI is InChI=1S/C11H16ClN3O/c1-3-16-9-4-8(5-9)15-11-6-10(12)13-7(2)14-11/h6,8-9H,3-5H2,1-2H3,(H,13,14,15). The zero-order valence-electron chi connectivity index (χ0n) is 9.53. The van der Waals surface area contributed by atoms with Crippen molar-refractivity contribution in [3.8, 4) is 0 Å². The maximum Gasteiger partial charge on any atom is 0.134 e. The van der Waals surface area contributed by atoms with Gasteiger partial charge in [-0.1, -0.05) is 11.6 Å². The number of nitrogens with one attached hydrogen (secondary N) is 1. The second kappa shape index (κ2) is 4.97. The van der Waals surface area contributed by atoms with Gasteiger partial charge in [-0.3, -0.25) is 0 Å². The molecule has 1 N–H and O–H groups in total. The van der Waals surface area contributed by atoms with Crippen molar-refractivity contribution in [2.45, 2.75) is 38.8 Å². The van der Waals surface area contributed by atoms with Gasteiger partial charge in [-0.2, -0.15) is 0 Å². The smallest absolute Gasteiger partial charge is 0.134 e. The maximum absolute atomic E-state index is 5.86. The highest BCUT2D eigenvalue weighted by atomic mass is 35.5. The van der Waals surface area contributed by atoms with E-state index in [4.69, 9.17) is 16.3 Å². The van der Waals surface area contributed by atoms with Crippen LogP contribution < -0.4 is 5.32 Å². The third kappa shape index (κ3) is 2.83. The van der Waals surface area contributed by atoms with Crippen molar-refractivity contribution in [1.82, 2.24) is 9.97 Å². The zero-order valence-corrected chi connectivity index (χ0v) is 10.3. The van der Waals surface area contributed by atoms with Crippen molar-refractivity contribution < 1.29 is 4.74 Å². The van der Waals surface area contributed by atoms with E-state index in [9.17, 15) is 0 Å². The van der Waals surface area contributed by atoms with Crippen molar-refractivity contribution in [1.29, 1.82) is 0 Å². The largest absolute Gasteiger partial charge is 0.378 e. The molecule has 0 aromatic carbocycles. The van der Waals surface area contributed by atoms with Gasteiger partial charge in [0.15, 0.2) is 0 Å². The number of hydrogen-bond donors (Lipinski definition) is 1. The summed E-state index contributed by atoms with van der Waals surface area (Å²) < 4.78 is 5.49. The Hall–Kier alpha value is -0.870.